The van der Waals surface area contributed by atoms with Crippen molar-refractivity contribution in [1.29, 1.82) is 5.26 Å². The lowest BCUT2D eigenvalue weighted by Gasteiger charge is -2.12. The summed E-state index contributed by atoms with van der Waals surface area (Å²) in [5.41, 5.74) is 2.60. The first kappa shape index (κ1) is 25.1. The zero-order chi connectivity index (χ0) is 25.7. The molecule has 9 heteroatoms. The summed E-state index contributed by atoms with van der Waals surface area (Å²) >= 11 is 0. The Labute approximate surface area is 208 Å². The highest BCUT2D eigenvalue weighted by Gasteiger charge is 2.25. The molecule has 0 aliphatic carbocycles. The first-order valence-electron chi connectivity index (χ1n) is 11.2. The zero-order valence-electron chi connectivity index (χ0n) is 19.4. The summed E-state index contributed by atoms with van der Waals surface area (Å²) in [6, 6.07) is 20.5. The lowest BCUT2D eigenvalue weighted by Crippen LogP contribution is -2.38. The van der Waals surface area contributed by atoms with Crippen LogP contribution in [0.4, 0.5) is 4.39 Å². The van der Waals surface area contributed by atoms with Gasteiger partial charge in [0.15, 0.2) is 5.78 Å². The predicted molar refractivity (Wildman–Crippen MR) is 131 cm³/mol. The van der Waals surface area contributed by atoms with Crippen LogP contribution in [0.2, 0.25) is 0 Å². The van der Waals surface area contributed by atoms with Crippen LogP contribution < -0.4 is 9.46 Å². The summed E-state index contributed by atoms with van der Waals surface area (Å²) in [5.74, 6) is -0.156. The van der Waals surface area contributed by atoms with E-state index in [2.05, 4.69) is 10.8 Å². The van der Waals surface area contributed by atoms with Gasteiger partial charge in [-0.1, -0.05) is 24.3 Å². The van der Waals surface area contributed by atoms with Crippen molar-refractivity contribution in [3.8, 4) is 11.8 Å². The molecular formula is C27H23FN2O5S. The van der Waals surface area contributed by atoms with E-state index in [-0.39, 0.29) is 22.9 Å². The molecule has 0 saturated carbocycles. The highest BCUT2D eigenvalue weighted by atomic mass is 32.2. The predicted octanol–water partition coefficient (Wildman–Crippen LogP) is 4.89. The number of halogens is 1. The van der Waals surface area contributed by atoms with Crippen LogP contribution in [0.1, 0.15) is 30.0 Å². The molecule has 1 heterocycles. The molecule has 1 atom stereocenters. The monoisotopic (exact) mass is 506 g/mol. The number of aryl methyl sites for hydroxylation is 1. The number of hydrogen-bond acceptors (Lipinski definition) is 6. The molecule has 1 aromatic heterocycles. The molecule has 7 nitrogen and oxygen atoms in total. The Balaban J connectivity index is 1.32. The number of sulfonamides is 1. The summed E-state index contributed by atoms with van der Waals surface area (Å²) in [4.78, 5) is 12.6. The van der Waals surface area contributed by atoms with E-state index in [0.717, 1.165) is 11.1 Å². The number of rotatable bonds is 10. The molecule has 0 bridgehead atoms. The number of nitrogens with one attached hydrogen (secondary N) is 1. The first-order valence-corrected chi connectivity index (χ1v) is 12.7. The van der Waals surface area contributed by atoms with Gasteiger partial charge in [0, 0.05) is 17.9 Å². The number of ketones is 1. The molecule has 0 aliphatic heterocycles. The summed E-state index contributed by atoms with van der Waals surface area (Å²) in [6.45, 7) is 1.81. The van der Waals surface area contributed by atoms with Crippen LogP contribution in [0.15, 0.2) is 82.3 Å². The van der Waals surface area contributed by atoms with E-state index in [9.17, 15) is 17.6 Å². The van der Waals surface area contributed by atoms with E-state index in [0.29, 0.717) is 29.7 Å². The number of furan rings is 1. The topological polar surface area (TPSA) is 109 Å². The summed E-state index contributed by atoms with van der Waals surface area (Å²) in [7, 11) is -4.10. The Morgan fingerprint density at radius 3 is 2.61 bits per heavy atom. The molecule has 0 aliphatic rings. The lowest BCUT2D eigenvalue weighted by molar-refractivity contribution is -0.120. The van der Waals surface area contributed by atoms with Gasteiger partial charge in [0.2, 0.25) is 5.09 Å². The third-order valence-electron chi connectivity index (χ3n) is 5.58. The Morgan fingerprint density at radius 1 is 1.08 bits per heavy atom. The normalized spacial score (nSPS) is 12.2. The van der Waals surface area contributed by atoms with Gasteiger partial charge in [-0.2, -0.15) is 9.98 Å². The lowest BCUT2D eigenvalue weighted by atomic mass is 10.0. The minimum absolute atomic E-state index is 0.119. The number of carbonyl (C=O) groups excluding carboxylic acids is 1. The maximum atomic E-state index is 13.4. The average Bonchev–Trinajstić information content (AvgIpc) is 3.30. The summed E-state index contributed by atoms with van der Waals surface area (Å²) < 4.78 is 52.2. The van der Waals surface area contributed by atoms with Crippen molar-refractivity contribution in [2.24, 2.45) is 0 Å². The maximum absolute atomic E-state index is 13.4. The second-order valence-electron chi connectivity index (χ2n) is 8.30. The Kier molecular flexibility index (Phi) is 7.48. The van der Waals surface area contributed by atoms with Crippen molar-refractivity contribution in [3.05, 3.63) is 95.3 Å². The smallest absolute Gasteiger partial charge is 0.274 e. The van der Waals surface area contributed by atoms with E-state index in [1.807, 2.05) is 36.4 Å². The maximum Gasteiger partial charge on any atom is 0.274 e. The molecule has 0 spiro atoms. The number of Topliss-reactive ketones (excluding diaryl/α,β-unsaturated/α-hetero) is 1. The van der Waals surface area contributed by atoms with Gasteiger partial charge < -0.3 is 9.15 Å². The highest BCUT2D eigenvalue weighted by molar-refractivity contribution is 7.89. The number of nitrogens with zero attached hydrogens (tertiary/aromatic N) is 1. The van der Waals surface area contributed by atoms with Crippen molar-refractivity contribution >= 4 is 26.8 Å². The van der Waals surface area contributed by atoms with Gasteiger partial charge in [0.05, 0.1) is 17.7 Å². The molecule has 0 fully saturated rings. The fraction of sp³-hybridized carbons (Fsp3) is 0.185. The van der Waals surface area contributed by atoms with Crippen molar-refractivity contribution < 1.29 is 26.8 Å². The molecule has 3 aromatic carbocycles. The molecule has 0 amide bonds. The number of benzene rings is 3. The Morgan fingerprint density at radius 2 is 1.86 bits per heavy atom. The van der Waals surface area contributed by atoms with Crippen LogP contribution in [0.25, 0.3) is 11.0 Å². The molecule has 4 rings (SSSR count). The molecule has 4 aromatic rings. The van der Waals surface area contributed by atoms with E-state index < -0.39 is 21.9 Å². The average molecular weight is 507 g/mol. The van der Waals surface area contributed by atoms with Gasteiger partial charge in [0.25, 0.3) is 10.0 Å². The minimum Gasteiger partial charge on any atom is -0.489 e. The summed E-state index contributed by atoms with van der Waals surface area (Å²) in [5, 5.41) is 8.82. The summed E-state index contributed by atoms with van der Waals surface area (Å²) in [6.07, 6.45) is 0.525. The molecular weight excluding hydrogens is 483 g/mol. The third kappa shape index (κ3) is 6.16. The van der Waals surface area contributed by atoms with E-state index >= 15 is 0 Å². The standard InChI is InChI=1S/C27H23FN2O5S/c1-18(30-36(32,33)27-15-22-14-23(28)10-12-26(22)35-27)25(31)11-9-19-3-2-4-24(13-19)34-17-21-7-5-20(16-29)6-8-21/h2-8,10,12-15,18,30H,9,11,17H2,1H3/t18-/m0/s1. The van der Waals surface area contributed by atoms with Crippen molar-refractivity contribution in [3.63, 3.8) is 0 Å². The van der Waals surface area contributed by atoms with Crippen LogP contribution in [0.5, 0.6) is 5.75 Å². The fourth-order valence-corrected chi connectivity index (χ4v) is 4.79. The number of hydrogen-bond donors (Lipinski definition) is 1. The Bertz CT molecular complexity index is 1540. The van der Waals surface area contributed by atoms with E-state index in [4.69, 9.17) is 14.4 Å². The van der Waals surface area contributed by atoms with E-state index in [1.165, 1.54) is 31.2 Å². The minimum atomic E-state index is -4.10. The zero-order valence-corrected chi connectivity index (χ0v) is 20.2. The third-order valence-corrected chi connectivity index (χ3v) is 6.98. The van der Waals surface area contributed by atoms with Crippen LogP contribution in [0, 0.1) is 17.1 Å². The van der Waals surface area contributed by atoms with Gasteiger partial charge in [-0.05, 0) is 66.9 Å². The van der Waals surface area contributed by atoms with Gasteiger partial charge in [0.1, 0.15) is 23.8 Å². The van der Waals surface area contributed by atoms with Crippen LogP contribution in [-0.2, 0) is 27.8 Å². The van der Waals surface area contributed by atoms with Crippen LogP contribution >= 0.6 is 0 Å². The van der Waals surface area contributed by atoms with Gasteiger partial charge in [-0.3, -0.25) is 4.79 Å². The van der Waals surface area contributed by atoms with Crippen molar-refractivity contribution in [1.82, 2.24) is 4.72 Å². The number of carbonyl (C=O) groups is 1. The quantitative estimate of drug-likeness (QED) is 0.328. The molecule has 36 heavy (non-hydrogen) atoms. The largest absolute Gasteiger partial charge is 0.489 e. The second kappa shape index (κ2) is 10.7. The SMILES string of the molecule is C[C@H](NS(=O)(=O)c1cc2cc(F)ccc2o1)C(=O)CCc1cccc(OCc2ccc(C#N)cc2)c1. The number of nitriles is 1. The number of fused-ring (bicyclic) bond motifs is 1. The van der Waals surface area contributed by atoms with Gasteiger partial charge >= 0.3 is 0 Å². The number of ether oxygens (including phenoxy) is 1. The van der Waals surface area contributed by atoms with Crippen LogP contribution in [0.3, 0.4) is 0 Å². The molecule has 0 unspecified atom stereocenters. The fourth-order valence-electron chi connectivity index (χ4n) is 3.60. The highest BCUT2D eigenvalue weighted by Crippen LogP contribution is 2.24. The molecule has 184 valence electrons. The van der Waals surface area contributed by atoms with Crippen LogP contribution in [-0.4, -0.2) is 20.2 Å². The van der Waals surface area contributed by atoms with Crippen molar-refractivity contribution in [2.75, 3.05) is 0 Å². The van der Waals surface area contributed by atoms with Crippen molar-refractivity contribution in [2.45, 2.75) is 37.5 Å². The van der Waals surface area contributed by atoms with E-state index in [1.54, 1.807) is 12.1 Å². The molecule has 0 radical (unpaired) electrons. The van der Waals surface area contributed by atoms with Gasteiger partial charge in [-0.25, -0.2) is 12.8 Å². The molecule has 0 saturated heterocycles. The first-order chi connectivity index (χ1) is 17.2. The second-order valence-corrected chi connectivity index (χ2v) is 9.95. The van der Waals surface area contributed by atoms with Gasteiger partial charge in [-0.15, -0.1) is 0 Å². The Hall–Kier alpha value is -4.00. The molecule has 1 N–H and O–H groups in total.